The van der Waals surface area contributed by atoms with Gasteiger partial charge in [0.05, 0.1) is 6.10 Å². The van der Waals surface area contributed by atoms with Crippen molar-refractivity contribution < 1.29 is 5.11 Å². The van der Waals surface area contributed by atoms with E-state index in [0.717, 1.165) is 0 Å². The molecule has 0 aromatic carbocycles. The minimum atomic E-state index is -0.411. The van der Waals surface area contributed by atoms with Crippen molar-refractivity contribution in [2.24, 2.45) is 5.73 Å². The molecule has 0 aliphatic heterocycles. The zero-order chi connectivity index (χ0) is 6.41. The van der Waals surface area contributed by atoms with E-state index < -0.39 is 6.10 Å². The van der Waals surface area contributed by atoms with Crippen molar-refractivity contribution in [1.29, 1.82) is 0 Å². The van der Waals surface area contributed by atoms with Gasteiger partial charge in [-0.2, -0.15) is 0 Å². The molecule has 0 spiro atoms. The monoisotopic (exact) mass is 113 g/mol. The second-order valence-corrected chi connectivity index (χ2v) is 1.63. The SMILES string of the molecule is C#CCCC(O)CN. The zero-order valence-corrected chi connectivity index (χ0v) is 4.80. The highest BCUT2D eigenvalue weighted by atomic mass is 16.3. The van der Waals surface area contributed by atoms with Gasteiger partial charge in [0.25, 0.3) is 0 Å². The Hall–Kier alpha value is -0.520. The minimum Gasteiger partial charge on any atom is -0.392 e. The molecular weight excluding hydrogens is 102 g/mol. The Morgan fingerprint density at radius 1 is 1.75 bits per heavy atom. The van der Waals surface area contributed by atoms with Crippen LogP contribution in [0.2, 0.25) is 0 Å². The highest BCUT2D eigenvalue weighted by Crippen LogP contribution is 1.91. The molecule has 1 atom stereocenters. The molecule has 0 radical (unpaired) electrons. The highest BCUT2D eigenvalue weighted by molar-refractivity contribution is 4.84. The zero-order valence-electron chi connectivity index (χ0n) is 4.80. The van der Waals surface area contributed by atoms with Crippen LogP contribution in [-0.4, -0.2) is 17.8 Å². The maximum absolute atomic E-state index is 8.77. The van der Waals surface area contributed by atoms with Crippen LogP contribution in [0.4, 0.5) is 0 Å². The van der Waals surface area contributed by atoms with Crippen molar-refractivity contribution in [2.75, 3.05) is 6.54 Å². The smallest absolute Gasteiger partial charge is 0.0671 e. The number of nitrogens with two attached hydrogens (primary N) is 1. The molecule has 2 heteroatoms. The van der Waals surface area contributed by atoms with E-state index in [1.807, 2.05) is 0 Å². The lowest BCUT2D eigenvalue weighted by molar-refractivity contribution is 0.174. The van der Waals surface area contributed by atoms with E-state index >= 15 is 0 Å². The van der Waals surface area contributed by atoms with Gasteiger partial charge in [0.1, 0.15) is 0 Å². The van der Waals surface area contributed by atoms with Crippen molar-refractivity contribution >= 4 is 0 Å². The molecule has 0 aromatic rings. The van der Waals surface area contributed by atoms with E-state index in [1.165, 1.54) is 0 Å². The summed E-state index contributed by atoms with van der Waals surface area (Å²) in [6.07, 6.45) is 5.75. The van der Waals surface area contributed by atoms with Crippen LogP contribution in [0.25, 0.3) is 0 Å². The molecule has 0 rings (SSSR count). The molecule has 0 saturated carbocycles. The first-order valence-electron chi connectivity index (χ1n) is 2.63. The number of hydrogen-bond donors (Lipinski definition) is 2. The quantitative estimate of drug-likeness (QED) is 0.494. The molecule has 0 bridgehead atoms. The predicted octanol–water partition coefficient (Wildman–Crippen LogP) is -0.281. The van der Waals surface area contributed by atoms with Crippen molar-refractivity contribution in [1.82, 2.24) is 0 Å². The maximum atomic E-state index is 8.77. The average molecular weight is 113 g/mol. The number of rotatable bonds is 3. The summed E-state index contributed by atoms with van der Waals surface area (Å²) in [5.74, 6) is 2.42. The van der Waals surface area contributed by atoms with E-state index in [4.69, 9.17) is 17.3 Å². The van der Waals surface area contributed by atoms with Gasteiger partial charge in [-0.05, 0) is 6.42 Å². The molecular formula is C6H11NO. The molecule has 46 valence electrons. The number of aliphatic hydroxyl groups excluding tert-OH is 1. The first-order valence-corrected chi connectivity index (χ1v) is 2.63. The van der Waals surface area contributed by atoms with Gasteiger partial charge in [-0.15, -0.1) is 12.3 Å². The molecule has 1 unspecified atom stereocenters. The molecule has 0 saturated heterocycles. The van der Waals surface area contributed by atoms with Crippen molar-refractivity contribution in [3.05, 3.63) is 0 Å². The molecule has 2 nitrogen and oxygen atoms in total. The van der Waals surface area contributed by atoms with E-state index in [0.29, 0.717) is 19.4 Å². The fourth-order valence-electron chi connectivity index (χ4n) is 0.368. The average Bonchev–Trinajstić information content (AvgIpc) is 1.83. The Balaban J connectivity index is 3.01. The third-order valence-electron chi connectivity index (χ3n) is 0.894. The second-order valence-electron chi connectivity index (χ2n) is 1.63. The Labute approximate surface area is 49.7 Å². The van der Waals surface area contributed by atoms with Crippen molar-refractivity contribution in [3.63, 3.8) is 0 Å². The van der Waals surface area contributed by atoms with Crippen LogP contribution in [0, 0.1) is 12.3 Å². The van der Waals surface area contributed by atoms with Gasteiger partial charge in [0.2, 0.25) is 0 Å². The Morgan fingerprint density at radius 3 is 2.75 bits per heavy atom. The van der Waals surface area contributed by atoms with Crippen molar-refractivity contribution in [3.8, 4) is 12.3 Å². The molecule has 0 amide bonds. The Kier molecular flexibility index (Phi) is 4.33. The molecule has 8 heavy (non-hydrogen) atoms. The fourth-order valence-corrected chi connectivity index (χ4v) is 0.368. The third-order valence-corrected chi connectivity index (χ3v) is 0.894. The van der Waals surface area contributed by atoms with Crippen LogP contribution in [0.3, 0.4) is 0 Å². The van der Waals surface area contributed by atoms with Crippen LogP contribution >= 0.6 is 0 Å². The second kappa shape index (κ2) is 4.63. The normalized spacial score (nSPS) is 12.6. The van der Waals surface area contributed by atoms with Crippen LogP contribution in [0.15, 0.2) is 0 Å². The maximum Gasteiger partial charge on any atom is 0.0671 e. The highest BCUT2D eigenvalue weighted by Gasteiger charge is 1.96. The van der Waals surface area contributed by atoms with E-state index in [1.54, 1.807) is 0 Å². The van der Waals surface area contributed by atoms with E-state index in [9.17, 15) is 0 Å². The summed E-state index contributed by atoms with van der Waals surface area (Å²) in [5, 5.41) is 8.77. The summed E-state index contributed by atoms with van der Waals surface area (Å²) in [6, 6.07) is 0. The number of hydrogen-bond acceptors (Lipinski definition) is 2. The molecule has 0 aliphatic rings. The summed E-state index contributed by atoms with van der Waals surface area (Å²) in [7, 11) is 0. The van der Waals surface area contributed by atoms with Gasteiger partial charge in [-0.25, -0.2) is 0 Å². The molecule has 0 heterocycles. The summed E-state index contributed by atoms with van der Waals surface area (Å²) in [4.78, 5) is 0. The number of aliphatic hydroxyl groups is 1. The molecule has 3 N–H and O–H groups in total. The Morgan fingerprint density at radius 2 is 2.38 bits per heavy atom. The number of terminal acetylenes is 1. The summed E-state index contributed by atoms with van der Waals surface area (Å²) < 4.78 is 0. The summed E-state index contributed by atoms with van der Waals surface area (Å²) in [6.45, 7) is 0.307. The fraction of sp³-hybridized carbons (Fsp3) is 0.667. The van der Waals surface area contributed by atoms with Gasteiger partial charge in [0, 0.05) is 13.0 Å². The largest absolute Gasteiger partial charge is 0.392 e. The van der Waals surface area contributed by atoms with Gasteiger partial charge in [-0.1, -0.05) is 0 Å². The lowest BCUT2D eigenvalue weighted by atomic mass is 10.2. The van der Waals surface area contributed by atoms with Crippen LogP contribution in [0.5, 0.6) is 0 Å². The Bertz CT molecular complexity index is 85.0. The van der Waals surface area contributed by atoms with Gasteiger partial charge >= 0.3 is 0 Å². The van der Waals surface area contributed by atoms with E-state index in [-0.39, 0.29) is 0 Å². The van der Waals surface area contributed by atoms with Crippen LogP contribution < -0.4 is 5.73 Å². The molecule has 0 aliphatic carbocycles. The van der Waals surface area contributed by atoms with Crippen LogP contribution in [-0.2, 0) is 0 Å². The predicted molar refractivity (Wildman–Crippen MR) is 33.1 cm³/mol. The molecule has 0 aromatic heterocycles. The first kappa shape index (κ1) is 7.48. The van der Waals surface area contributed by atoms with Crippen LogP contribution in [0.1, 0.15) is 12.8 Å². The molecule has 0 fully saturated rings. The standard InChI is InChI=1S/C6H11NO/c1-2-3-4-6(8)5-7/h1,6,8H,3-5,7H2. The third kappa shape index (κ3) is 3.66. The van der Waals surface area contributed by atoms with E-state index in [2.05, 4.69) is 5.92 Å². The van der Waals surface area contributed by atoms with Gasteiger partial charge in [-0.3, -0.25) is 0 Å². The lowest BCUT2D eigenvalue weighted by Gasteiger charge is -2.01. The topological polar surface area (TPSA) is 46.2 Å². The van der Waals surface area contributed by atoms with Gasteiger partial charge in [0.15, 0.2) is 0 Å². The lowest BCUT2D eigenvalue weighted by Crippen LogP contribution is -2.18. The minimum absolute atomic E-state index is 0.307. The van der Waals surface area contributed by atoms with Crippen molar-refractivity contribution in [2.45, 2.75) is 18.9 Å². The summed E-state index contributed by atoms with van der Waals surface area (Å²) in [5.41, 5.74) is 5.09. The summed E-state index contributed by atoms with van der Waals surface area (Å²) >= 11 is 0. The first-order chi connectivity index (χ1) is 3.81. The van der Waals surface area contributed by atoms with Gasteiger partial charge < -0.3 is 10.8 Å².